The predicted octanol–water partition coefficient (Wildman–Crippen LogP) is 2.27. The Morgan fingerprint density at radius 3 is 2.58 bits per heavy atom. The SMILES string of the molecule is O=C(N1CCSC1)C1(c2ccccc2)CCOCC1. The van der Waals surface area contributed by atoms with E-state index in [4.69, 9.17) is 4.74 Å². The minimum absolute atomic E-state index is 0.298. The first-order chi connectivity index (χ1) is 9.33. The van der Waals surface area contributed by atoms with Gasteiger partial charge in [0.25, 0.3) is 0 Å². The van der Waals surface area contributed by atoms with Crippen LogP contribution in [0.15, 0.2) is 30.3 Å². The Kier molecular flexibility index (Phi) is 3.80. The van der Waals surface area contributed by atoms with Gasteiger partial charge in [0.05, 0.1) is 11.3 Å². The van der Waals surface area contributed by atoms with E-state index in [1.165, 1.54) is 0 Å². The highest BCUT2D eigenvalue weighted by Crippen LogP contribution is 2.37. The van der Waals surface area contributed by atoms with Gasteiger partial charge in [-0.1, -0.05) is 30.3 Å². The average Bonchev–Trinajstić information content (AvgIpc) is 3.02. The van der Waals surface area contributed by atoms with Crippen LogP contribution in [0.3, 0.4) is 0 Å². The number of amides is 1. The molecule has 0 atom stereocenters. The summed E-state index contributed by atoms with van der Waals surface area (Å²) in [5.74, 6) is 2.20. The van der Waals surface area contributed by atoms with Crippen molar-refractivity contribution in [2.24, 2.45) is 0 Å². The molecule has 0 aliphatic carbocycles. The molecule has 0 saturated carbocycles. The van der Waals surface area contributed by atoms with Gasteiger partial charge >= 0.3 is 0 Å². The van der Waals surface area contributed by atoms with Gasteiger partial charge in [-0.25, -0.2) is 0 Å². The maximum atomic E-state index is 13.0. The Morgan fingerprint density at radius 2 is 1.95 bits per heavy atom. The fourth-order valence-corrected chi connectivity index (χ4v) is 3.93. The lowest BCUT2D eigenvalue weighted by molar-refractivity contribution is -0.139. The van der Waals surface area contributed by atoms with Crippen molar-refractivity contribution in [1.29, 1.82) is 0 Å². The predicted molar refractivity (Wildman–Crippen MR) is 77.2 cm³/mol. The Hall–Kier alpha value is -1.00. The summed E-state index contributed by atoms with van der Waals surface area (Å²) in [7, 11) is 0. The summed E-state index contributed by atoms with van der Waals surface area (Å²) in [5, 5.41) is 0. The first-order valence-electron chi connectivity index (χ1n) is 6.83. The molecular formula is C15H19NO2S. The third-order valence-electron chi connectivity index (χ3n) is 4.12. The maximum Gasteiger partial charge on any atom is 0.234 e. The fraction of sp³-hybridized carbons (Fsp3) is 0.533. The standard InChI is InChI=1S/C15H19NO2S/c17-14(16-8-11-19-12-16)15(6-9-18-10-7-15)13-4-2-1-3-5-13/h1-5H,6-12H2. The van der Waals surface area contributed by atoms with E-state index in [1.54, 1.807) is 0 Å². The van der Waals surface area contributed by atoms with Crippen molar-refractivity contribution in [3.63, 3.8) is 0 Å². The number of nitrogens with zero attached hydrogens (tertiary/aromatic N) is 1. The zero-order valence-electron chi connectivity index (χ0n) is 11.0. The number of carbonyl (C=O) groups is 1. The van der Waals surface area contributed by atoms with E-state index < -0.39 is 0 Å². The summed E-state index contributed by atoms with van der Waals surface area (Å²) < 4.78 is 5.48. The highest BCUT2D eigenvalue weighted by atomic mass is 32.2. The number of hydrogen-bond acceptors (Lipinski definition) is 3. The largest absolute Gasteiger partial charge is 0.381 e. The van der Waals surface area contributed by atoms with Crippen LogP contribution >= 0.6 is 11.8 Å². The van der Waals surface area contributed by atoms with Crippen LogP contribution in [0.4, 0.5) is 0 Å². The second-order valence-electron chi connectivity index (χ2n) is 5.17. The highest BCUT2D eigenvalue weighted by Gasteiger charge is 2.44. The van der Waals surface area contributed by atoms with E-state index in [1.807, 2.05) is 34.9 Å². The smallest absolute Gasteiger partial charge is 0.234 e. The zero-order chi connectivity index (χ0) is 13.1. The average molecular weight is 277 g/mol. The minimum atomic E-state index is -0.357. The Labute approximate surface area is 118 Å². The van der Waals surface area contributed by atoms with E-state index in [-0.39, 0.29) is 5.41 Å². The zero-order valence-corrected chi connectivity index (χ0v) is 11.8. The monoisotopic (exact) mass is 277 g/mol. The second-order valence-corrected chi connectivity index (χ2v) is 6.24. The molecule has 0 unspecified atom stereocenters. The Bertz CT molecular complexity index is 437. The third-order valence-corrected chi connectivity index (χ3v) is 5.09. The van der Waals surface area contributed by atoms with Crippen molar-refractivity contribution in [3.8, 4) is 0 Å². The lowest BCUT2D eigenvalue weighted by Gasteiger charge is -2.38. The van der Waals surface area contributed by atoms with Crippen LogP contribution in [0, 0.1) is 0 Å². The van der Waals surface area contributed by atoms with Crippen LogP contribution in [0.1, 0.15) is 18.4 Å². The molecule has 4 heteroatoms. The second kappa shape index (κ2) is 5.55. The third kappa shape index (κ3) is 2.39. The van der Waals surface area contributed by atoms with Crippen LogP contribution in [0.2, 0.25) is 0 Å². The summed E-state index contributed by atoms with van der Waals surface area (Å²) in [5.41, 5.74) is 0.796. The topological polar surface area (TPSA) is 29.5 Å². The van der Waals surface area contributed by atoms with Gasteiger partial charge in [-0.15, -0.1) is 11.8 Å². The lowest BCUT2D eigenvalue weighted by atomic mass is 9.73. The van der Waals surface area contributed by atoms with Gasteiger partial charge in [-0.3, -0.25) is 4.79 Å². The molecule has 2 aliphatic heterocycles. The number of thioether (sulfide) groups is 1. The van der Waals surface area contributed by atoms with Gasteiger partial charge in [0.1, 0.15) is 0 Å². The first-order valence-corrected chi connectivity index (χ1v) is 7.99. The molecule has 102 valence electrons. The molecule has 0 aromatic heterocycles. The van der Waals surface area contributed by atoms with E-state index in [2.05, 4.69) is 12.1 Å². The van der Waals surface area contributed by atoms with E-state index in [0.29, 0.717) is 19.1 Å². The molecule has 2 fully saturated rings. The molecule has 1 aromatic rings. The molecule has 1 amide bonds. The normalized spacial score (nSPS) is 22.4. The van der Waals surface area contributed by atoms with Crippen LogP contribution in [-0.4, -0.2) is 42.2 Å². The van der Waals surface area contributed by atoms with Crippen LogP contribution in [0.5, 0.6) is 0 Å². The van der Waals surface area contributed by atoms with Crippen LogP contribution in [-0.2, 0) is 14.9 Å². The maximum absolute atomic E-state index is 13.0. The molecule has 0 N–H and O–H groups in total. The molecule has 2 aliphatic rings. The molecule has 19 heavy (non-hydrogen) atoms. The van der Waals surface area contributed by atoms with Crippen molar-refractivity contribution in [2.75, 3.05) is 31.4 Å². The molecule has 0 spiro atoms. The molecule has 3 nitrogen and oxygen atoms in total. The van der Waals surface area contributed by atoms with Crippen LogP contribution in [0.25, 0.3) is 0 Å². The van der Waals surface area contributed by atoms with Gasteiger partial charge in [-0.2, -0.15) is 0 Å². The first kappa shape index (κ1) is 13.0. The van der Waals surface area contributed by atoms with Gasteiger partial charge in [0.15, 0.2) is 0 Å². The number of carbonyl (C=O) groups excluding carboxylic acids is 1. The summed E-state index contributed by atoms with van der Waals surface area (Å²) in [6.07, 6.45) is 1.61. The number of rotatable bonds is 2. The molecule has 2 saturated heterocycles. The van der Waals surface area contributed by atoms with E-state index in [0.717, 1.165) is 36.6 Å². The Balaban J connectivity index is 1.94. The van der Waals surface area contributed by atoms with Crippen molar-refractivity contribution >= 4 is 17.7 Å². The van der Waals surface area contributed by atoms with Crippen LogP contribution < -0.4 is 0 Å². The van der Waals surface area contributed by atoms with Crippen molar-refractivity contribution in [3.05, 3.63) is 35.9 Å². The highest BCUT2D eigenvalue weighted by molar-refractivity contribution is 7.99. The van der Waals surface area contributed by atoms with E-state index in [9.17, 15) is 4.79 Å². The van der Waals surface area contributed by atoms with Gasteiger partial charge in [0.2, 0.25) is 5.91 Å². The van der Waals surface area contributed by atoms with Gasteiger partial charge in [-0.05, 0) is 18.4 Å². The summed E-state index contributed by atoms with van der Waals surface area (Å²) in [6.45, 7) is 2.25. The van der Waals surface area contributed by atoms with Gasteiger partial charge < -0.3 is 9.64 Å². The molecule has 1 aromatic carbocycles. The number of hydrogen-bond donors (Lipinski definition) is 0. The summed E-state index contributed by atoms with van der Waals surface area (Å²) in [6, 6.07) is 10.2. The van der Waals surface area contributed by atoms with Gasteiger partial charge in [0, 0.05) is 25.5 Å². The number of ether oxygens (including phenoxy) is 1. The van der Waals surface area contributed by atoms with Crippen molar-refractivity contribution in [1.82, 2.24) is 4.90 Å². The Morgan fingerprint density at radius 1 is 1.21 bits per heavy atom. The van der Waals surface area contributed by atoms with Crippen molar-refractivity contribution < 1.29 is 9.53 Å². The summed E-state index contributed by atoms with van der Waals surface area (Å²) >= 11 is 1.84. The van der Waals surface area contributed by atoms with Crippen molar-refractivity contribution in [2.45, 2.75) is 18.3 Å². The molecule has 0 bridgehead atoms. The minimum Gasteiger partial charge on any atom is -0.381 e. The lowest BCUT2D eigenvalue weighted by Crippen LogP contribution is -2.49. The molecule has 2 heterocycles. The molecule has 3 rings (SSSR count). The fourth-order valence-electron chi connectivity index (χ4n) is 2.98. The quantitative estimate of drug-likeness (QED) is 0.830. The summed E-state index contributed by atoms with van der Waals surface area (Å²) in [4.78, 5) is 15.0. The molecule has 0 radical (unpaired) electrons. The molecular weight excluding hydrogens is 258 g/mol. The van der Waals surface area contributed by atoms with E-state index >= 15 is 0 Å². The number of benzene rings is 1.